The van der Waals surface area contributed by atoms with Crippen molar-refractivity contribution >= 4 is 17.5 Å². The molecule has 1 amide bonds. The molecule has 1 unspecified atom stereocenters. The summed E-state index contributed by atoms with van der Waals surface area (Å²) in [6, 6.07) is 13.1. The molecule has 5 nitrogen and oxygen atoms in total. The minimum absolute atomic E-state index is 0.0735. The summed E-state index contributed by atoms with van der Waals surface area (Å²) >= 11 is 6.46. The molecule has 2 aromatic carbocycles. The van der Waals surface area contributed by atoms with Crippen LogP contribution in [-0.2, 0) is 0 Å². The Bertz CT molecular complexity index is 850. The minimum atomic E-state index is -0.503. The number of aliphatic hydroxyl groups excluding tert-OH is 1. The Hall–Kier alpha value is -2.24. The van der Waals surface area contributed by atoms with Crippen LogP contribution < -0.4 is 9.47 Å². The Morgan fingerprint density at radius 1 is 1.16 bits per heavy atom. The predicted octanol–water partition coefficient (Wildman–Crippen LogP) is 5.50. The third-order valence-corrected chi connectivity index (χ3v) is 6.00. The molecule has 2 aromatic rings. The fraction of sp³-hybridized carbons (Fsp3) is 0.480. The number of benzene rings is 2. The summed E-state index contributed by atoms with van der Waals surface area (Å²) in [7, 11) is 0. The molecular formula is C25H32ClNO4. The van der Waals surface area contributed by atoms with Crippen molar-refractivity contribution in [3.05, 3.63) is 58.6 Å². The number of carbonyl (C=O) groups excluding carboxylic acids is 1. The summed E-state index contributed by atoms with van der Waals surface area (Å²) in [5, 5.41) is 11.1. The third-order valence-electron chi connectivity index (χ3n) is 5.72. The van der Waals surface area contributed by atoms with Gasteiger partial charge in [0.25, 0.3) is 5.91 Å². The number of nitrogens with zero attached hydrogens (tertiary/aromatic N) is 1. The van der Waals surface area contributed by atoms with Gasteiger partial charge in [0.15, 0.2) is 11.5 Å². The molecule has 0 bridgehead atoms. The van der Waals surface area contributed by atoms with Crippen LogP contribution in [0, 0.1) is 5.92 Å². The zero-order chi connectivity index (χ0) is 22.2. The van der Waals surface area contributed by atoms with Gasteiger partial charge in [-0.25, -0.2) is 0 Å². The molecule has 1 atom stereocenters. The first-order valence-electron chi connectivity index (χ1n) is 11.2. The van der Waals surface area contributed by atoms with Crippen molar-refractivity contribution < 1.29 is 19.4 Å². The molecule has 1 fully saturated rings. The molecular weight excluding hydrogens is 414 g/mol. The number of aliphatic hydroxyl groups is 1. The summed E-state index contributed by atoms with van der Waals surface area (Å²) in [6.45, 7) is 6.20. The van der Waals surface area contributed by atoms with Crippen LogP contribution in [0.2, 0.25) is 5.02 Å². The van der Waals surface area contributed by atoms with Gasteiger partial charge in [0.1, 0.15) is 0 Å². The Labute approximate surface area is 189 Å². The maximum atomic E-state index is 13.1. The van der Waals surface area contributed by atoms with E-state index in [2.05, 4.69) is 6.92 Å². The topological polar surface area (TPSA) is 59.0 Å². The fourth-order valence-electron chi connectivity index (χ4n) is 3.94. The van der Waals surface area contributed by atoms with Crippen molar-refractivity contribution in [3.8, 4) is 11.5 Å². The van der Waals surface area contributed by atoms with Crippen LogP contribution in [0.25, 0.3) is 0 Å². The summed E-state index contributed by atoms with van der Waals surface area (Å²) in [5.41, 5.74) is 1.43. The van der Waals surface area contributed by atoms with E-state index in [1.165, 1.54) is 0 Å². The standard InChI is InChI=1S/C25H32ClNO4/c1-3-5-15-31-24-21(26)16-20(17-22(24)30-4-2)25(29)27-13-11-19(12-14-27)23(28)18-9-7-6-8-10-18/h6-10,16-17,19,23,28H,3-5,11-15H2,1-2H3. The second-order valence-corrected chi connectivity index (χ2v) is 8.31. The SMILES string of the molecule is CCCCOc1c(Cl)cc(C(=O)N2CCC(C(O)c3ccccc3)CC2)cc1OCC. The second-order valence-electron chi connectivity index (χ2n) is 7.91. The van der Waals surface area contributed by atoms with Gasteiger partial charge in [-0.05, 0) is 49.8 Å². The lowest BCUT2D eigenvalue weighted by Crippen LogP contribution is -2.39. The van der Waals surface area contributed by atoms with Gasteiger partial charge < -0.3 is 19.5 Å². The number of unbranched alkanes of at least 4 members (excludes halogenated alkanes) is 1. The Morgan fingerprint density at radius 3 is 2.52 bits per heavy atom. The molecule has 0 radical (unpaired) electrons. The number of rotatable bonds is 9. The largest absolute Gasteiger partial charge is 0.490 e. The third kappa shape index (κ3) is 5.92. The van der Waals surface area contributed by atoms with Crippen LogP contribution in [0.4, 0.5) is 0 Å². The average Bonchev–Trinajstić information content (AvgIpc) is 2.80. The fourth-order valence-corrected chi connectivity index (χ4v) is 4.20. The number of likely N-dealkylation sites (tertiary alicyclic amines) is 1. The number of ether oxygens (including phenoxy) is 2. The predicted molar refractivity (Wildman–Crippen MR) is 123 cm³/mol. The van der Waals surface area contributed by atoms with Gasteiger partial charge in [0, 0.05) is 18.7 Å². The first kappa shape index (κ1) is 23.4. The van der Waals surface area contributed by atoms with E-state index < -0.39 is 6.10 Å². The van der Waals surface area contributed by atoms with Gasteiger partial charge in [0.2, 0.25) is 0 Å². The summed E-state index contributed by atoms with van der Waals surface area (Å²) in [6.07, 6.45) is 2.95. The lowest BCUT2D eigenvalue weighted by Gasteiger charge is -2.34. The lowest BCUT2D eigenvalue weighted by molar-refractivity contribution is 0.0462. The number of piperidine rings is 1. The van der Waals surface area contributed by atoms with Crippen molar-refractivity contribution in [1.82, 2.24) is 4.90 Å². The molecule has 168 valence electrons. The van der Waals surface area contributed by atoms with E-state index in [4.69, 9.17) is 21.1 Å². The maximum Gasteiger partial charge on any atom is 0.254 e. The molecule has 1 N–H and O–H groups in total. The van der Waals surface area contributed by atoms with E-state index >= 15 is 0 Å². The molecule has 1 aliphatic rings. The van der Waals surface area contributed by atoms with Crippen LogP contribution in [0.1, 0.15) is 61.6 Å². The van der Waals surface area contributed by atoms with Crippen molar-refractivity contribution in [2.45, 2.75) is 45.6 Å². The molecule has 31 heavy (non-hydrogen) atoms. The number of halogens is 1. The number of hydrogen-bond donors (Lipinski definition) is 1. The van der Waals surface area contributed by atoms with Crippen molar-refractivity contribution in [2.75, 3.05) is 26.3 Å². The number of carbonyl (C=O) groups is 1. The molecule has 0 saturated carbocycles. The van der Waals surface area contributed by atoms with Crippen LogP contribution in [0.15, 0.2) is 42.5 Å². The van der Waals surface area contributed by atoms with Gasteiger partial charge in [-0.15, -0.1) is 0 Å². The highest BCUT2D eigenvalue weighted by molar-refractivity contribution is 6.32. The van der Waals surface area contributed by atoms with E-state index in [0.717, 1.165) is 31.2 Å². The first-order valence-corrected chi connectivity index (χ1v) is 11.5. The minimum Gasteiger partial charge on any atom is -0.490 e. The van der Waals surface area contributed by atoms with Crippen molar-refractivity contribution in [2.24, 2.45) is 5.92 Å². The average molecular weight is 446 g/mol. The van der Waals surface area contributed by atoms with Crippen LogP contribution in [-0.4, -0.2) is 42.2 Å². The van der Waals surface area contributed by atoms with Gasteiger partial charge in [-0.3, -0.25) is 4.79 Å². The molecule has 6 heteroatoms. The van der Waals surface area contributed by atoms with Crippen molar-refractivity contribution in [3.63, 3.8) is 0 Å². The maximum absolute atomic E-state index is 13.1. The highest BCUT2D eigenvalue weighted by Crippen LogP contribution is 2.38. The number of hydrogen-bond acceptors (Lipinski definition) is 4. The zero-order valence-electron chi connectivity index (χ0n) is 18.4. The molecule has 1 saturated heterocycles. The summed E-state index contributed by atoms with van der Waals surface area (Å²) in [5.74, 6) is 1.07. The van der Waals surface area contributed by atoms with E-state index in [0.29, 0.717) is 48.4 Å². The summed E-state index contributed by atoms with van der Waals surface area (Å²) < 4.78 is 11.5. The smallest absolute Gasteiger partial charge is 0.254 e. The zero-order valence-corrected chi connectivity index (χ0v) is 19.1. The van der Waals surface area contributed by atoms with Gasteiger partial charge in [0.05, 0.1) is 24.3 Å². The Balaban J connectivity index is 1.67. The number of amides is 1. The molecule has 1 aliphatic heterocycles. The van der Waals surface area contributed by atoms with E-state index in [-0.39, 0.29) is 11.8 Å². The monoisotopic (exact) mass is 445 g/mol. The highest BCUT2D eigenvalue weighted by Gasteiger charge is 2.29. The summed E-state index contributed by atoms with van der Waals surface area (Å²) in [4.78, 5) is 15.0. The van der Waals surface area contributed by atoms with Crippen LogP contribution in [0.3, 0.4) is 0 Å². The van der Waals surface area contributed by atoms with E-state index in [9.17, 15) is 9.90 Å². The van der Waals surface area contributed by atoms with Crippen LogP contribution in [0.5, 0.6) is 11.5 Å². The molecule has 0 spiro atoms. The first-order chi connectivity index (χ1) is 15.0. The van der Waals surface area contributed by atoms with Crippen molar-refractivity contribution in [1.29, 1.82) is 0 Å². The molecule has 0 aliphatic carbocycles. The molecule has 1 heterocycles. The lowest BCUT2D eigenvalue weighted by atomic mass is 9.87. The van der Waals surface area contributed by atoms with Gasteiger partial charge >= 0.3 is 0 Å². The molecule has 0 aromatic heterocycles. The van der Waals surface area contributed by atoms with Gasteiger partial charge in [-0.1, -0.05) is 55.3 Å². The van der Waals surface area contributed by atoms with Crippen LogP contribution >= 0.6 is 11.6 Å². The quantitative estimate of drug-likeness (QED) is 0.517. The second kappa shape index (κ2) is 11.4. The van der Waals surface area contributed by atoms with E-state index in [1.54, 1.807) is 12.1 Å². The molecule has 3 rings (SSSR count). The highest BCUT2D eigenvalue weighted by atomic mass is 35.5. The van der Waals surface area contributed by atoms with Gasteiger partial charge in [-0.2, -0.15) is 0 Å². The van der Waals surface area contributed by atoms with E-state index in [1.807, 2.05) is 42.2 Å². The Morgan fingerprint density at radius 2 is 1.87 bits per heavy atom. The Kier molecular flexibility index (Phi) is 8.61. The normalized spacial score (nSPS) is 15.5.